The second-order valence-corrected chi connectivity index (χ2v) is 4.72. The minimum atomic E-state index is -1.10. The molecule has 2 rings (SSSR count). The molecule has 7 heteroatoms. The highest BCUT2D eigenvalue weighted by Crippen LogP contribution is 2.24. The van der Waals surface area contributed by atoms with Crippen LogP contribution in [0.15, 0.2) is 36.4 Å². The molecule has 0 aromatic heterocycles. The smallest absolute Gasteiger partial charge is 0.251 e. The second-order valence-electron chi connectivity index (χ2n) is 4.31. The molecule has 0 atom stereocenters. The predicted octanol–water partition coefficient (Wildman–Crippen LogP) is 3.57. The summed E-state index contributed by atoms with van der Waals surface area (Å²) >= 11 is 5.77. The number of hydrogen-bond acceptors (Lipinski definition) is 2. The van der Waals surface area contributed by atoms with Crippen molar-refractivity contribution in [2.45, 2.75) is 0 Å². The first-order valence-corrected chi connectivity index (χ1v) is 6.66. The monoisotopic (exact) mass is 329 g/mol. The van der Waals surface area contributed by atoms with Crippen LogP contribution in [0.1, 0.15) is 10.4 Å². The van der Waals surface area contributed by atoms with Crippen molar-refractivity contribution in [1.82, 2.24) is 5.32 Å². The Morgan fingerprint density at radius 2 is 1.86 bits per heavy atom. The van der Waals surface area contributed by atoms with Crippen molar-refractivity contribution in [1.29, 1.82) is 0 Å². The fraction of sp³-hybridized carbons (Fsp3) is 0.133. The highest BCUT2D eigenvalue weighted by Gasteiger charge is 2.09. The minimum absolute atomic E-state index is 0.00119. The first-order chi connectivity index (χ1) is 10.5. The maximum atomic E-state index is 13.0. The van der Waals surface area contributed by atoms with E-state index in [2.05, 4.69) is 5.32 Å². The first kappa shape index (κ1) is 16.2. The zero-order valence-electron chi connectivity index (χ0n) is 11.2. The van der Waals surface area contributed by atoms with Gasteiger partial charge in [0.15, 0.2) is 11.6 Å². The van der Waals surface area contributed by atoms with E-state index in [1.807, 2.05) is 0 Å². The fourth-order valence-corrected chi connectivity index (χ4v) is 1.88. The molecule has 1 amide bonds. The van der Waals surface area contributed by atoms with Gasteiger partial charge in [0.25, 0.3) is 5.91 Å². The molecule has 0 aliphatic carbocycles. The van der Waals surface area contributed by atoms with Crippen molar-refractivity contribution in [3.8, 4) is 5.75 Å². The van der Waals surface area contributed by atoms with Crippen molar-refractivity contribution >= 4 is 17.5 Å². The van der Waals surface area contributed by atoms with Gasteiger partial charge < -0.3 is 10.1 Å². The largest absolute Gasteiger partial charge is 0.490 e. The van der Waals surface area contributed by atoms with E-state index in [1.165, 1.54) is 18.2 Å². The molecule has 3 nitrogen and oxygen atoms in total. The maximum absolute atomic E-state index is 13.0. The number of benzene rings is 2. The molecule has 0 aliphatic heterocycles. The van der Waals surface area contributed by atoms with Crippen molar-refractivity contribution < 1.29 is 22.7 Å². The molecule has 0 radical (unpaired) electrons. The fourth-order valence-electron chi connectivity index (χ4n) is 1.66. The van der Waals surface area contributed by atoms with Crippen LogP contribution in [0.3, 0.4) is 0 Å². The zero-order valence-corrected chi connectivity index (χ0v) is 12.0. The van der Waals surface area contributed by atoms with Gasteiger partial charge in [-0.15, -0.1) is 0 Å². The third-order valence-electron chi connectivity index (χ3n) is 2.72. The molecule has 2 aromatic carbocycles. The summed E-state index contributed by atoms with van der Waals surface area (Å²) in [6.07, 6.45) is 0. The van der Waals surface area contributed by atoms with E-state index in [0.29, 0.717) is 0 Å². The van der Waals surface area contributed by atoms with Crippen LogP contribution < -0.4 is 10.1 Å². The topological polar surface area (TPSA) is 38.3 Å². The average molecular weight is 330 g/mol. The summed E-state index contributed by atoms with van der Waals surface area (Å²) in [5, 5.41) is 2.59. The number of amides is 1. The maximum Gasteiger partial charge on any atom is 0.251 e. The molecule has 1 N–H and O–H groups in total. The summed E-state index contributed by atoms with van der Waals surface area (Å²) in [7, 11) is 0. The quantitative estimate of drug-likeness (QED) is 0.852. The lowest BCUT2D eigenvalue weighted by atomic mass is 10.2. The van der Waals surface area contributed by atoms with Gasteiger partial charge in [0.05, 0.1) is 11.6 Å². The van der Waals surface area contributed by atoms with Crippen LogP contribution in [-0.2, 0) is 0 Å². The molecule has 0 fully saturated rings. The van der Waals surface area contributed by atoms with Crippen LogP contribution in [0, 0.1) is 17.5 Å². The lowest BCUT2D eigenvalue weighted by Gasteiger charge is -2.09. The first-order valence-electron chi connectivity index (χ1n) is 6.28. The number of carbonyl (C=O) groups excluding carboxylic acids is 1. The van der Waals surface area contributed by atoms with Gasteiger partial charge in [-0.3, -0.25) is 4.79 Å². The summed E-state index contributed by atoms with van der Waals surface area (Å²) in [5.74, 6) is -2.88. The van der Waals surface area contributed by atoms with Crippen LogP contribution in [0.2, 0.25) is 5.02 Å². The summed E-state index contributed by atoms with van der Waals surface area (Å²) in [6, 6.07) is 6.53. The molecule has 0 heterocycles. The molecule has 116 valence electrons. The molecule has 2 aromatic rings. The minimum Gasteiger partial charge on any atom is -0.490 e. The molecule has 0 spiro atoms. The molecular formula is C15H11ClF3NO2. The number of nitrogens with one attached hydrogen (secondary N) is 1. The molecule has 0 saturated heterocycles. The lowest BCUT2D eigenvalue weighted by molar-refractivity contribution is 0.0946. The highest BCUT2D eigenvalue weighted by atomic mass is 35.5. The van der Waals surface area contributed by atoms with Crippen molar-refractivity contribution in [3.05, 3.63) is 64.4 Å². The van der Waals surface area contributed by atoms with Gasteiger partial charge in [-0.2, -0.15) is 0 Å². The number of rotatable bonds is 5. The Morgan fingerprint density at radius 1 is 1.09 bits per heavy atom. The van der Waals surface area contributed by atoms with E-state index in [9.17, 15) is 18.0 Å². The van der Waals surface area contributed by atoms with E-state index in [-0.39, 0.29) is 29.5 Å². The van der Waals surface area contributed by atoms with Crippen molar-refractivity contribution in [2.75, 3.05) is 13.2 Å². The molecule has 0 bridgehead atoms. The molecule has 22 heavy (non-hydrogen) atoms. The predicted molar refractivity (Wildman–Crippen MR) is 75.6 cm³/mol. The van der Waals surface area contributed by atoms with Crippen LogP contribution >= 0.6 is 11.6 Å². The van der Waals surface area contributed by atoms with E-state index in [4.69, 9.17) is 16.3 Å². The zero-order chi connectivity index (χ0) is 16.1. The summed E-state index contributed by atoms with van der Waals surface area (Å²) in [5.41, 5.74) is -0.00119. The van der Waals surface area contributed by atoms with Crippen LogP contribution in [0.5, 0.6) is 5.75 Å². The van der Waals surface area contributed by atoms with E-state index in [0.717, 1.165) is 18.2 Å². The average Bonchev–Trinajstić information content (AvgIpc) is 2.48. The SMILES string of the molecule is O=C(NCCOc1ccc(F)cc1Cl)c1ccc(F)c(F)c1. The Bertz CT molecular complexity index is 694. The van der Waals surface area contributed by atoms with Gasteiger partial charge in [0.1, 0.15) is 18.2 Å². The van der Waals surface area contributed by atoms with E-state index >= 15 is 0 Å². The van der Waals surface area contributed by atoms with Crippen molar-refractivity contribution in [2.24, 2.45) is 0 Å². The normalized spacial score (nSPS) is 10.4. The van der Waals surface area contributed by atoms with Gasteiger partial charge in [-0.1, -0.05) is 11.6 Å². The number of ether oxygens (including phenoxy) is 1. The van der Waals surface area contributed by atoms with E-state index in [1.54, 1.807) is 0 Å². The Hall–Kier alpha value is -2.21. The third-order valence-corrected chi connectivity index (χ3v) is 3.02. The molecule has 0 saturated carbocycles. The van der Waals surface area contributed by atoms with Gasteiger partial charge in [0, 0.05) is 5.56 Å². The molecular weight excluding hydrogens is 319 g/mol. The Labute approximate surface area is 129 Å². The number of halogens is 4. The van der Waals surface area contributed by atoms with Crippen LogP contribution in [0.25, 0.3) is 0 Å². The Morgan fingerprint density at radius 3 is 2.55 bits per heavy atom. The number of hydrogen-bond donors (Lipinski definition) is 1. The lowest BCUT2D eigenvalue weighted by Crippen LogP contribution is -2.28. The summed E-state index contributed by atoms with van der Waals surface area (Å²) in [4.78, 5) is 11.7. The van der Waals surface area contributed by atoms with Crippen LogP contribution in [-0.4, -0.2) is 19.1 Å². The van der Waals surface area contributed by atoms with Gasteiger partial charge in [-0.05, 0) is 36.4 Å². The second kappa shape index (κ2) is 7.17. The summed E-state index contributed by atoms with van der Waals surface area (Å²) < 4.78 is 43.9. The third kappa shape index (κ3) is 4.14. The van der Waals surface area contributed by atoms with E-state index < -0.39 is 23.4 Å². The van der Waals surface area contributed by atoms with Crippen molar-refractivity contribution in [3.63, 3.8) is 0 Å². The standard InChI is InChI=1S/C15H11ClF3NO2/c16-11-8-10(17)2-4-14(11)22-6-5-20-15(21)9-1-3-12(18)13(19)7-9/h1-4,7-8H,5-6H2,(H,20,21). The van der Waals surface area contributed by atoms with Gasteiger partial charge >= 0.3 is 0 Å². The summed E-state index contributed by atoms with van der Waals surface area (Å²) in [6.45, 7) is 0.201. The van der Waals surface area contributed by atoms with Gasteiger partial charge in [0.2, 0.25) is 0 Å². The Kier molecular flexibility index (Phi) is 5.27. The highest BCUT2D eigenvalue weighted by molar-refractivity contribution is 6.32. The number of carbonyl (C=O) groups is 1. The van der Waals surface area contributed by atoms with Crippen LogP contribution in [0.4, 0.5) is 13.2 Å². The molecule has 0 unspecified atom stereocenters. The Balaban J connectivity index is 1.83. The van der Waals surface area contributed by atoms with Gasteiger partial charge in [-0.25, -0.2) is 13.2 Å². The molecule has 0 aliphatic rings.